The van der Waals surface area contributed by atoms with Gasteiger partial charge in [0.1, 0.15) is 0 Å². The van der Waals surface area contributed by atoms with E-state index in [2.05, 4.69) is 12.2 Å². The number of carbonyl (C=O) groups excluding carboxylic acids is 2. The zero-order valence-corrected chi connectivity index (χ0v) is 13.1. The van der Waals surface area contributed by atoms with Crippen molar-refractivity contribution in [3.63, 3.8) is 0 Å². The molecule has 5 heteroatoms. The average Bonchev–Trinajstić information content (AvgIpc) is 3.04. The molecule has 0 aromatic heterocycles. The number of fused-ring (bicyclic) bond motifs is 3. The summed E-state index contributed by atoms with van der Waals surface area (Å²) < 4.78 is 0. The molecule has 4 atom stereocenters. The van der Waals surface area contributed by atoms with Crippen molar-refractivity contribution in [2.24, 2.45) is 29.1 Å². The van der Waals surface area contributed by atoms with Crippen LogP contribution in [-0.4, -0.2) is 11.8 Å². The molecule has 0 N–H and O–H groups in total. The molecule has 1 aromatic rings. The van der Waals surface area contributed by atoms with Gasteiger partial charge < -0.3 is 0 Å². The Morgan fingerprint density at radius 1 is 0.909 bits per heavy atom. The second-order valence-electron chi connectivity index (χ2n) is 6.86. The number of allylic oxidation sites excluding steroid dienone is 2. The lowest BCUT2D eigenvalue weighted by Crippen LogP contribution is -2.34. The number of imide groups is 1. The molecule has 4 aliphatic rings. The summed E-state index contributed by atoms with van der Waals surface area (Å²) in [5, 5.41) is 0.861. The zero-order valence-electron chi connectivity index (χ0n) is 11.6. The van der Waals surface area contributed by atoms with E-state index in [1.807, 2.05) is 0 Å². The molecule has 22 heavy (non-hydrogen) atoms. The molecular formula is C17H13Cl2NO2. The summed E-state index contributed by atoms with van der Waals surface area (Å²) in [5.41, 5.74) is 0.713. The van der Waals surface area contributed by atoms with Crippen LogP contribution in [0.1, 0.15) is 12.8 Å². The lowest BCUT2D eigenvalue weighted by Gasteiger charge is -2.22. The van der Waals surface area contributed by atoms with Crippen molar-refractivity contribution in [1.82, 2.24) is 0 Å². The van der Waals surface area contributed by atoms with Gasteiger partial charge in [-0.1, -0.05) is 35.4 Å². The van der Waals surface area contributed by atoms with Crippen LogP contribution in [-0.2, 0) is 9.59 Å². The van der Waals surface area contributed by atoms with Gasteiger partial charge in [0.15, 0.2) is 0 Å². The predicted octanol–water partition coefficient (Wildman–Crippen LogP) is 3.70. The monoisotopic (exact) mass is 333 g/mol. The van der Waals surface area contributed by atoms with Gasteiger partial charge >= 0.3 is 0 Å². The average molecular weight is 334 g/mol. The minimum absolute atomic E-state index is 0.0866. The van der Waals surface area contributed by atoms with Gasteiger partial charge in [-0.2, -0.15) is 0 Å². The molecule has 3 nitrogen and oxygen atoms in total. The summed E-state index contributed by atoms with van der Waals surface area (Å²) in [7, 11) is 0. The van der Waals surface area contributed by atoms with Crippen LogP contribution in [0, 0.1) is 29.1 Å². The van der Waals surface area contributed by atoms with Gasteiger partial charge in [0.05, 0.1) is 17.5 Å². The van der Waals surface area contributed by atoms with E-state index in [1.54, 1.807) is 18.2 Å². The Labute approximate surface area is 137 Å². The molecule has 3 aliphatic carbocycles. The molecule has 3 fully saturated rings. The first-order valence-corrected chi connectivity index (χ1v) is 8.31. The van der Waals surface area contributed by atoms with Gasteiger partial charge in [0.2, 0.25) is 11.8 Å². The van der Waals surface area contributed by atoms with Gasteiger partial charge in [-0.15, -0.1) is 0 Å². The Bertz CT molecular complexity index is 714. The zero-order chi connectivity index (χ0) is 15.2. The third-order valence-corrected chi connectivity index (χ3v) is 6.39. The smallest absolute Gasteiger partial charge is 0.238 e. The summed E-state index contributed by atoms with van der Waals surface area (Å²) in [6, 6.07) is 4.86. The topological polar surface area (TPSA) is 37.4 Å². The van der Waals surface area contributed by atoms with Crippen molar-refractivity contribution in [3.8, 4) is 0 Å². The highest BCUT2D eigenvalue weighted by atomic mass is 35.5. The standard InChI is InChI=1S/C17H13Cl2NO2/c18-8-5-9(19)7-10(6-8)20-15(21)13-11-1-2-12(14(13)16(20)22)17(11)3-4-17/h1-2,5-7,11-14H,3-4H2/t11-,12+,13-,14+. The van der Waals surface area contributed by atoms with E-state index in [4.69, 9.17) is 23.2 Å². The molecular weight excluding hydrogens is 321 g/mol. The van der Waals surface area contributed by atoms with E-state index in [0.717, 1.165) is 12.8 Å². The van der Waals surface area contributed by atoms with Crippen molar-refractivity contribution in [1.29, 1.82) is 0 Å². The highest BCUT2D eigenvalue weighted by molar-refractivity contribution is 6.35. The van der Waals surface area contributed by atoms with Gasteiger partial charge in [0.25, 0.3) is 0 Å². The number of anilines is 1. The van der Waals surface area contributed by atoms with Crippen molar-refractivity contribution in [2.45, 2.75) is 12.8 Å². The molecule has 1 aliphatic heterocycles. The van der Waals surface area contributed by atoms with E-state index < -0.39 is 0 Å². The van der Waals surface area contributed by atoms with Crippen LogP contribution in [0.4, 0.5) is 5.69 Å². The SMILES string of the molecule is O=C1[C@@H]2[C@H](C(=O)N1c1cc(Cl)cc(Cl)c1)[C@H]1C=C[C@@H]2C12CC2. The summed E-state index contributed by atoms with van der Waals surface area (Å²) in [5.74, 6) is -0.0874. The van der Waals surface area contributed by atoms with Crippen LogP contribution in [0.3, 0.4) is 0 Å². The summed E-state index contributed by atoms with van der Waals surface area (Å²) in [6.07, 6.45) is 6.62. The number of carbonyl (C=O) groups is 2. The second kappa shape index (κ2) is 3.95. The van der Waals surface area contributed by atoms with Crippen molar-refractivity contribution >= 4 is 40.7 Å². The van der Waals surface area contributed by atoms with Crippen LogP contribution in [0.2, 0.25) is 10.0 Å². The first-order chi connectivity index (χ1) is 10.5. The fourth-order valence-electron chi connectivity index (χ4n) is 5.00. The number of hydrogen-bond acceptors (Lipinski definition) is 2. The Morgan fingerprint density at radius 3 is 1.86 bits per heavy atom. The van der Waals surface area contributed by atoms with Gasteiger partial charge in [-0.25, -0.2) is 4.90 Å². The predicted molar refractivity (Wildman–Crippen MR) is 83.7 cm³/mol. The van der Waals surface area contributed by atoms with Gasteiger partial charge in [-0.3, -0.25) is 9.59 Å². The molecule has 0 unspecified atom stereocenters. The maximum absolute atomic E-state index is 12.9. The van der Waals surface area contributed by atoms with E-state index in [0.29, 0.717) is 15.7 Å². The van der Waals surface area contributed by atoms with E-state index in [-0.39, 0.29) is 40.9 Å². The largest absolute Gasteiger partial charge is 0.274 e. The van der Waals surface area contributed by atoms with Crippen LogP contribution >= 0.6 is 23.2 Å². The Morgan fingerprint density at radius 2 is 1.41 bits per heavy atom. The lowest BCUT2D eigenvalue weighted by molar-refractivity contribution is -0.123. The van der Waals surface area contributed by atoms with Crippen molar-refractivity contribution < 1.29 is 9.59 Å². The Balaban J connectivity index is 1.59. The van der Waals surface area contributed by atoms with Crippen LogP contribution in [0.25, 0.3) is 0 Å². The number of hydrogen-bond donors (Lipinski definition) is 0. The first-order valence-electron chi connectivity index (χ1n) is 7.55. The quantitative estimate of drug-likeness (QED) is 0.580. The first kappa shape index (κ1) is 13.1. The normalized spacial score (nSPS) is 36.5. The van der Waals surface area contributed by atoms with E-state index >= 15 is 0 Å². The van der Waals surface area contributed by atoms with E-state index in [1.165, 1.54) is 4.90 Å². The molecule has 0 radical (unpaired) electrons. The summed E-state index contributed by atoms with van der Waals surface area (Å²) in [4.78, 5) is 27.1. The Kier molecular flexibility index (Phi) is 2.36. The molecule has 1 aromatic carbocycles. The van der Waals surface area contributed by atoms with Gasteiger partial charge in [-0.05, 0) is 48.3 Å². The fraction of sp³-hybridized carbons (Fsp3) is 0.412. The Hall–Kier alpha value is -1.32. The molecule has 2 saturated carbocycles. The molecule has 1 heterocycles. The van der Waals surface area contributed by atoms with Crippen LogP contribution in [0.5, 0.6) is 0 Å². The molecule has 1 spiro atoms. The number of nitrogens with zero attached hydrogens (tertiary/aromatic N) is 1. The minimum atomic E-state index is -0.192. The maximum atomic E-state index is 12.9. The minimum Gasteiger partial charge on any atom is -0.274 e. The van der Waals surface area contributed by atoms with Crippen LogP contribution in [0.15, 0.2) is 30.4 Å². The van der Waals surface area contributed by atoms with E-state index in [9.17, 15) is 9.59 Å². The third kappa shape index (κ3) is 1.40. The fourth-order valence-corrected chi connectivity index (χ4v) is 5.52. The lowest BCUT2D eigenvalue weighted by atomic mass is 9.85. The van der Waals surface area contributed by atoms with Crippen LogP contribution < -0.4 is 4.90 Å². The van der Waals surface area contributed by atoms with Gasteiger partial charge in [0, 0.05) is 10.0 Å². The van der Waals surface area contributed by atoms with Crippen molar-refractivity contribution in [3.05, 3.63) is 40.4 Å². The summed E-state index contributed by atoms with van der Waals surface area (Å²) >= 11 is 12.0. The highest BCUT2D eigenvalue weighted by Crippen LogP contribution is 2.73. The number of halogens is 2. The molecule has 112 valence electrons. The number of rotatable bonds is 1. The maximum Gasteiger partial charge on any atom is 0.238 e. The second-order valence-corrected chi connectivity index (χ2v) is 7.73. The number of amides is 2. The third-order valence-electron chi connectivity index (χ3n) is 5.96. The summed E-state index contributed by atoms with van der Waals surface area (Å²) in [6.45, 7) is 0. The molecule has 2 bridgehead atoms. The molecule has 1 saturated heterocycles. The molecule has 5 rings (SSSR count). The number of benzene rings is 1. The van der Waals surface area contributed by atoms with Crippen molar-refractivity contribution in [2.75, 3.05) is 4.90 Å². The highest BCUT2D eigenvalue weighted by Gasteiger charge is 2.73. The molecule has 2 amide bonds.